The molecular formula is C18H26ClN3O3. The standard InChI is InChI=1S/C18H25N3O3.ClH/c1-10-8-13(4-5-19-10)16(22)20-6-7-21-17(23)14-11-2-3-12(9-11)15(14)18(21)24;/h2-3,10-15,19H,4-9H2,1H3,(H,20,22);1H/t10-,11?,12?,13-,14?,15?;/m0./s1. The van der Waals surface area contributed by atoms with Gasteiger partial charge >= 0.3 is 0 Å². The smallest absolute Gasteiger partial charge is 0.233 e. The first-order valence-electron chi connectivity index (χ1n) is 9.11. The molecule has 0 spiro atoms. The summed E-state index contributed by atoms with van der Waals surface area (Å²) in [6.07, 6.45) is 6.83. The Bertz CT molecular complexity index is 578. The van der Waals surface area contributed by atoms with E-state index in [0.29, 0.717) is 19.1 Å². The van der Waals surface area contributed by atoms with Crippen LogP contribution in [0.2, 0.25) is 0 Å². The van der Waals surface area contributed by atoms with Crippen LogP contribution >= 0.6 is 12.4 Å². The SMILES string of the molecule is C[C@H]1C[C@@H](C(=O)NCCN2C(=O)C3C4C=CC(C4)C3C2=O)CCN1.Cl. The Balaban J connectivity index is 0.00000182. The average Bonchev–Trinajstić information content (AvgIpc) is 3.24. The Hall–Kier alpha value is -1.40. The highest BCUT2D eigenvalue weighted by molar-refractivity contribution is 6.06. The molecule has 2 N–H and O–H groups in total. The molecule has 2 saturated heterocycles. The third-order valence-corrected chi connectivity index (χ3v) is 6.19. The summed E-state index contributed by atoms with van der Waals surface area (Å²) in [6, 6.07) is 0.360. The van der Waals surface area contributed by atoms with Crippen LogP contribution in [0.25, 0.3) is 0 Å². The molecule has 138 valence electrons. The number of nitrogens with one attached hydrogen (secondary N) is 2. The lowest BCUT2D eigenvalue weighted by Crippen LogP contribution is -2.45. The number of halogens is 1. The highest BCUT2D eigenvalue weighted by atomic mass is 35.5. The minimum Gasteiger partial charge on any atom is -0.354 e. The third-order valence-electron chi connectivity index (χ3n) is 6.19. The van der Waals surface area contributed by atoms with E-state index in [1.165, 1.54) is 4.90 Å². The van der Waals surface area contributed by atoms with Crippen molar-refractivity contribution in [2.45, 2.75) is 32.2 Å². The van der Waals surface area contributed by atoms with Gasteiger partial charge in [-0.25, -0.2) is 0 Å². The van der Waals surface area contributed by atoms with Gasteiger partial charge in [-0.1, -0.05) is 12.2 Å². The second kappa shape index (κ2) is 7.08. The van der Waals surface area contributed by atoms with E-state index in [2.05, 4.69) is 29.7 Å². The average molecular weight is 368 g/mol. The lowest BCUT2D eigenvalue weighted by atomic mass is 9.85. The van der Waals surface area contributed by atoms with Crippen molar-refractivity contribution in [3.8, 4) is 0 Å². The molecule has 2 bridgehead atoms. The van der Waals surface area contributed by atoms with Gasteiger partial charge in [0.1, 0.15) is 0 Å². The summed E-state index contributed by atoms with van der Waals surface area (Å²) in [4.78, 5) is 38.8. The molecule has 0 aromatic carbocycles. The number of carbonyl (C=O) groups excluding carboxylic acids is 3. The molecule has 6 nitrogen and oxygen atoms in total. The molecular weight excluding hydrogens is 342 g/mol. The van der Waals surface area contributed by atoms with Crippen molar-refractivity contribution in [3.05, 3.63) is 12.2 Å². The number of hydrogen-bond donors (Lipinski definition) is 2. The van der Waals surface area contributed by atoms with Crippen molar-refractivity contribution in [3.63, 3.8) is 0 Å². The molecule has 2 aliphatic heterocycles. The largest absolute Gasteiger partial charge is 0.354 e. The van der Waals surface area contributed by atoms with Gasteiger partial charge in [-0.15, -0.1) is 12.4 Å². The zero-order valence-corrected chi connectivity index (χ0v) is 15.3. The van der Waals surface area contributed by atoms with Crippen LogP contribution in [0, 0.1) is 29.6 Å². The van der Waals surface area contributed by atoms with E-state index < -0.39 is 0 Å². The van der Waals surface area contributed by atoms with Gasteiger partial charge in [-0.05, 0) is 44.6 Å². The first-order valence-corrected chi connectivity index (χ1v) is 9.11. The molecule has 0 aromatic heterocycles. The van der Waals surface area contributed by atoms with Crippen LogP contribution in [-0.4, -0.2) is 48.3 Å². The second-order valence-corrected chi connectivity index (χ2v) is 7.70. The van der Waals surface area contributed by atoms with Crippen LogP contribution in [0.4, 0.5) is 0 Å². The number of allylic oxidation sites excluding steroid dienone is 2. The van der Waals surface area contributed by atoms with Crippen molar-refractivity contribution in [2.24, 2.45) is 29.6 Å². The molecule has 7 heteroatoms. The maximum Gasteiger partial charge on any atom is 0.233 e. The Morgan fingerprint density at radius 2 is 1.84 bits per heavy atom. The number of carbonyl (C=O) groups is 3. The Labute approximate surface area is 154 Å². The molecule has 6 atom stereocenters. The first kappa shape index (κ1) is 18.4. The Morgan fingerprint density at radius 1 is 1.20 bits per heavy atom. The molecule has 2 heterocycles. The van der Waals surface area contributed by atoms with E-state index in [1.807, 2.05) is 0 Å². The number of amides is 3. The van der Waals surface area contributed by atoms with E-state index in [1.54, 1.807) is 0 Å². The maximum atomic E-state index is 12.6. The zero-order valence-electron chi connectivity index (χ0n) is 14.4. The zero-order chi connectivity index (χ0) is 16.8. The van der Waals surface area contributed by atoms with E-state index >= 15 is 0 Å². The van der Waals surface area contributed by atoms with Crippen LogP contribution in [0.15, 0.2) is 12.2 Å². The highest BCUT2D eigenvalue weighted by Crippen LogP contribution is 2.52. The van der Waals surface area contributed by atoms with Gasteiger partial charge in [0.05, 0.1) is 11.8 Å². The molecule has 25 heavy (non-hydrogen) atoms. The van der Waals surface area contributed by atoms with Gasteiger partial charge in [0.2, 0.25) is 17.7 Å². The van der Waals surface area contributed by atoms with Gasteiger partial charge in [0.25, 0.3) is 0 Å². The predicted octanol–water partition coefficient (Wildman–Crippen LogP) is 0.720. The molecule has 4 unspecified atom stereocenters. The minimum absolute atomic E-state index is 0. The van der Waals surface area contributed by atoms with E-state index in [0.717, 1.165) is 25.8 Å². The van der Waals surface area contributed by atoms with Crippen molar-refractivity contribution in [1.29, 1.82) is 0 Å². The van der Waals surface area contributed by atoms with Crippen LogP contribution in [0.1, 0.15) is 26.2 Å². The maximum absolute atomic E-state index is 12.6. The molecule has 4 rings (SSSR count). The second-order valence-electron chi connectivity index (χ2n) is 7.70. The number of nitrogens with zero attached hydrogens (tertiary/aromatic N) is 1. The first-order chi connectivity index (χ1) is 11.6. The van der Waals surface area contributed by atoms with Gasteiger partial charge < -0.3 is 10.6 Å². The van der Waals surface area contributed by atoms with Crippen molar-refractivity contribution >= 4 is 30.1 Å². The number of hydrogen-bond acceptors (Lipinski definition) is 4. The van der Waals surface area contributed by atoms with Crippen LogP contribution in [0.3, 0.4) is 0 Å². The van der Waals surface area contributed by atoms with Crippen LogP contribution < -0.4 is 10.6 Å². The summed E-state index contributed by atoms with van der Waals surface area (Å²) in [5.41, 5.74) is 0. The normalized spacial score (nSPS) is 38.7. The third kappa shape index (κ3) is 3.10. The number of fused-ring (bicyclic) bond motifs is 5. The fourth-order valence-electron chi connectivity index (χ4n) is 4.99. The highest BCUT2D eigenvalue weighted by Gasteiger charge is 2.58. The molecule has 2 aliphatic carbocycles. The quantitative estimate of drug-likeness (QED) is 0.567. The van der Waals surface area contributed by atoms with Crippen molar-refractivity contribution in [2.75, 3.05) is 19.6 Å². The fraction of sp³-hybridized carbons (Fsp3) is 0.722. The minimum atomic E-state index is -0.145. The number of piperidine rings is 1. The van der Waals surface area contributed by atoms with Crippen molar-refractivity contribution < 1.29 is 14.4 Å². The number of likely N-dealkylation sites (tertiary alicyclic amines) is 1. The topological polar surface area (TPSA) is 78.5 Å². The Kier molecular flexibility index (Phi) is 5.21. The molecule has 3 amide bonds. The summed E-state index contributed by atoms with van der Waals surface area (Å²) in [5, 5.41) is 6.25. The monoisotopic (exact) mass is 367 g/mol. The van der Waals surface area contributed by atoms with Crippen LogP contribution in [0.5, 0.6) is 0 Å². The summed E-state index contributed by atoms with van der Waals surface area (Å²) >= 11 is 0. The summed E-state index contributed by atoms with van der Waals surface area (Å²) in [5.74, 6) is 0.203. The van der Waals surface area contributed by atoms with Crippen molar-refractivity contribution in [1.82, 2.24) is 15.5 Å². The molecule has 4 aliphatic rings. The van der Waals surface area contributed by atoms with Gasteiger partial charge in [0.15, 0.2) is 0 Å². The molecule has 3 fully saturated rings. The lowest BCUT2D eigenvalue weighted by molar-refractivity contribution is -0.141. The number of rotatable bonds is 4. The molecule has 0 radical (unpaired) electrons. The van der Waals surface area contributed by atoms with Gasteiger partial charge in [-0.2, -0.15) is 0 Å². The molecule has 1 saturated carbocycles. The number of imide groups is 1. The summed E-state index contributed by atoms with van der Waals surface area (Å²) < 4.78 is 0. The lowest BCUT2D eigenvalue weighted by Gasteiger charge is -2.27. The van der Waals surface area contributed by atoms with Crippen LogP contribution in [-0.2, 0) is 14.4 Å². The van der Waals surface area contributed by atoms with E-state index in [4.69, 9.17) is 0 Å². The van der Waals surface area contributed by atoms with Gasteiger partial charge in [0, 0.05) is 25.0 Å². The van der Waals surface area contributed by atoms with E-state index in [-0.39, 0.29) is 59.7 Å². The molecule has 0 aromatic rings. The van der Waals surface area contributed by atoms with Gasteiger partial charge in [-0.3, -0.25) is 19.3 Å². The fourth-order valence-corrected chi connectivity index (χ4v) is 4.99. The summed E-state index contributed by atoms with van der Waals surface area (Å²) in [6.45, 7) is 3.61. The Morgan fingerprint density at radius 3 is 2.44 bits per heavy atom. The van der Waals surface area contributed by atoms with E-state index in [9.17, 15) is 14.4 Å². The predicted molar refractivity (Wildman–Crippen MR) is 94.9 cm³/mol. The summed E-state index contributed by atoms with van der Waals surface area (Å²) in [7, 11) is 0.